The molecule has 0 aliphatic carbocycles. The zero-order chi connectivity index (χ0) is 14.2. The lowest BCUT2D eigenvalue weighted by Gasteiger charge is -2.29. The summed E-state index contributed by atoms with van der Waals surface area (Å²) >= 11 is 0. The Morgan fingerprint density at radius 3 is 2.26 bits per heavy atom. The third-order valence-corrected chi connectivity index (χ3v) is 4.00. The van der Waals surface area contributed by atoms with Crippen LogP contribution in [0.2, 0.25) is 0 Å². The van der Waals surface area contributed by atoms with Crippen molar-refractivity contribution in [2.75, 3.05) is 13.1 Å². The third kappa shape index (κ3) is 2.55. The van der Waals surface area contributed by atoms with E-state index in [0.29, 0.717) is 30.3 Å². The molecule has 5 nitrogen and oxygen atoms in total. The normalized spacial score (nSPS) is 16.7. The van der Waals surface area contributed by atoms with Gasteiger partial charge in [0.15, 0.2) is 0 Å². The fourth-order valence-corrected chi connectivity index (χ4v) is 2.56. The van der Waals surface area contributed by atoms with E-state index in [1.807, 2.05) is 6.92 Å². The zero-order valence-corrected chi connectivity index (χ0v) is 12.1. The van der Waals surface area contributed by atoms with Crippen molar-refractivity contribution in [3.63, 3.8) is 0 Å². The van der Waals surface area contributed by atoms with Crippen LogP contribution < -0.4 is 0 Å². The Labute approximate surface area is 113 Å². The summed E-state index contributed by atoms with van der Waals surface area (Å²) in [5.41, 5.74) is 1.84. The molecule has 1 aliphatic rings. The minimum atomic E-state index is -0.419. The van der Waals surface area contributed by atoms with Crippen LogP contribution in [0.3, 0.4) is 0 Å². The summed E-state index contributed by atoms with van der Waals surface area (Å²) in [5.74, 6) is -0.162. The minimum Gasteiger partial charge on any atom is -0.336 e. The van der Waals surface area contributed by atoms with E-state index < -0.39 is 5.78 Å². The first kappa shape index (κ1) is 13.8. The van der Waals surface area contributed by atoms with Gasteiger partial charge >= 0.3 is 0 Å². The van der Waals surface area contributed by atoms with Gasteiger partial charge in [0, 0.05) is 25.8 Å². The van der Waals surface area contributed by atoms with Gasteiger partial charge < -0.3 is 4.90 Å². The number of rotatable bonds is 2. The molecule has 19 heavy (non-hydrogen) atoms. The molecule has 0 atom stereocenters. The first-order valence-electron chi connectivity index (χ1n) is 6.75. The average Bonchev–Trinajstić information content (AvgIpc) is 2.62. The van der Waals surface area contributed by atoms with Crippen molar-refractivity contribution in [2.24, 2.45) is 13.0 Å². The van der Waals surface area contributed by atoms with E-state index in [9.17, 15) is 9.59 Å². The number of carbonyl (C=O) groups is 2. The van der Waals surface area contributed by atoms with Crippen LogP contribution in [-0.4, -0.2) is 39.5 Å². The number of aryl methyl sites for hydroxylation is 2. The van der Waals surface area contributed by atoms with Gasteiger partial charge in [0.05, 0.1) is 11.3 Å². The number of hydrogen-bond donors (Lipinski definition) is 0. The lowest BCUT2D eigenvalue weighted by Crippen LogP contribution is -2.42. The van der Waals surface area contributed by atoms with E-state index in [4.69, 9.17) is 0 Å². The minimum absolute atomic E-state index is 0.383. The molecule has 0 aromatic carbocycles. The van der Waals surface area contributed by atoms with Gasteiger partial charge in [-0.05, 0) is 32.6 Å². The van der Waals surface area contributed by atoms with Gasteiger partial charge in [0.1, 0.15) is 0 Å². The Bertz CT molecular complexity index is 511. The van der Waals surface area contributed by atoms with Gasteiger partial charge in [-0.15, -0.1) is 0 Å². The molecule has 104 valence electrons. The highest BCUT2D eigenvalue weighted by Gasteiger charge is 2.29. The van der Waals surface area contributed by atoms with Gasteiger partial charge in [0.25, 0.3) is 11.7 Å². The van der Waals surface area contributed by atoms with Crippen LogP contribution in [0.25, 0.3) is 0 Å². The number of nitrogens with zero attached hydrogens (tertiary/aromatic N) is 3. The number of carbonyl (C=O) groups excluding carboxylic acids is 2. The molecule has 0 radical (unpaired) electrons. The van der Waals surface area contributed by atoms with Crippen LogP contribution in [0.15, 0.2) is 0 Å². The SMILES string of the molecule is Cc1nn(C)c(C)c1C(=O)C(=O)N1CCC(C)CC1. The Hall–Kier alpha value is -1.65. The van der Waals surface area contributed by atoms with E-state index in [1.165, 1.54) is 0 Å². The second-order valence-corrected chi connectivity index (χ2v) is 5.47. The van der Waals surface area contributed by atoms with Crippen LogP contribution in [0.1, 0.15) is 41.5 Å². The number of likely N-dealkylation sites (tertiary alicyclic amines) is 1. The van der Waals surface area contributed by atoms with Crippen LogP contribution in [0.5, 0.6) is 0 Å². The zero-order valence-electron chi connectivity index (χ0n) is 12.1. The summed E-state index contributed by atoms with van der Waals surface area (Å²) in [6.45, 7) is 7.14. The number of Topliss-reactive ketones (excluding diaryl/α,β-unsaturated/α-hetero) is 1. The number of aromatic nitrogens is 2. The maximum atomic E-state index is 12.3. The Morgan fingerprint density at radius 1 is 1.21 bits per heavy atom. The van der Waals surface area contributed by atoms with E-state index in [-0.39, 0.29) is 5.91 Å². The molecular weight excluding hydrogens is 242 g/mol. The number of hydrogen-bond acceptors (Lipinski definition) is 3. The van der Waals surface area contributed by atoms with Crippen molar-refractivity contribution in [3.05, 3.63) is 17.0 Å². The maximum Gasteiger partial charge on any atom is 0.295 e. The first-order chi connectivity index (χ1) is 8.91. The molecule has 2 rings (SSSR count). The van der Waals surface area contributed by atoms with Crippen molar-refractivity contribution in [1.29, 1.82) is 0 Å². The van der Waals surface area contributed by atoms with E-state index in [1.54, 1.807) is 23.6 Å². The highest BCUT2D eigenvalue weighted by Crippen LogP contribution is 2.19. The van der Waals surface area contributed by atoms with E-state index >= 15 is 0 Å². The molecule has 1 saturated heterocycles. The van der Waals surface area contributed by atoms with Gasteiger partial charge in [-0.1, -0.05) is 6.92 Å². The number of amides is 1. The summed E-state index contributed by atoms with van der Waals surface area (Å²) in [6, 6.07) is 0. The molecule has 1 aliphatic heterocycles. The summed E-state index contributed by atoms with van der Waals surface area (Å²) in [4.78, 5) is 26.3. The number of piperidine rings is 1. The molecule has 1 fully saturated rings. The third-order valence-electron chi connectivity index (χ3n) is 4.00. The molecule has 1 aromatic rings. The van der Waals surface area contributed by atoms with E-state index in [2.05, 4.69) is 12.0 Å². The Kier molecular flexibility index (Phi) is 3.73. The summed E-state index contributed by atoms with van der Waals surface area (Å²) in [5, 5.41) is 4.20. The fraction of sp³-hybridized carbons (Fsp3) is 0.643. The lowest BCUT2D eigenvalue weighted by atomic mass is 9.98. The molecule has 0 unspecified atom stereocenters. The summed E-state index contributed by atoms with van der Waals surface area (Å²) < 4.78 is 1.65. The lowest BCUT2D eigenvalue weighted by molar-refractivity contribution is -0.127. The van der Waals surface area contributed by atoms with Gasteiger partial charge in [-0.25, -0.2) is 0 Å². The van der Waals surface area contributed by atoms with Crippen molar-refractivity contribution >= 4 is 11.7 Å². The van der Waals surface area contributed by atoms with Crippen molar-refractivity contribution in [1.82, 2.24) is 14.7 Å². The van der Waals surface area contributed by atoms with Crippen molar-refractivity contribution in [3.8, 4) is 0 Å². The Balaban J connectivity index is 2.17. The van der Waals surface area contributed by atoms with Crippen LogP contribution in [0, 0.1) is 19.8 Å². The largest absolute Gasteiger partial charge is 0.336 e. The summed E-state index contributed by atoms with van der Waals surface area (Å²) in [7, 11) is 1.78. The predicted octanol–water partition coefficient (Wildman–Crippen LogP) is 1.48. The van der Waals surface area contributed by atoms with E-state index in [0.717, 1.165) is 18.5 Å². The monoisotopic (exact) mass is 263 g/mol. The van der Waals surface area contributed by atoms with Crippen LogP contribution in [0.4, 0.5) is 0 Å². The molecule has 0 N–H and O–H groups in total. The molecule has 2 heterocycles. The fourth-order valence-electron chi connectivity index (χ4n) is 2.56. The molecule has 0 bridgehead atoms. The Morgan fingerprint density at radius 2 is 1.79 bits per heavy atom. The molecule has 1 aromatic heterocycles. The van der Waals surface area contributed by atoms with Gasteiger partial charge in [-0.2, -0.15) is 5.10 Å². The second kappa shape index (κ2) is 5.15. The van der Waals surface area contributed by atoms with Crippen LogP contribution >= 0.6 is 0 Å². The van der Waals surface area contributed by atoms with Crippen molar-refractivity contribution in [2.45, 2.75) is 33.6 Å². The van der Waals surface area contributed by atoms with Crippen LogP contribution in [-0.2, 0) is 11.8 Å². The standard InChI is InChI=1S/C14H21N3O2/c1-9-5-7-17(8-6-9)14(19)13(18)12-10(2)15-16(4)11(12)3/h9H,5-8H2,1-4H3. The smallest absolute Gasteiger partial charge is 0.295 e. The molecule has 1 amide bonds. The first-order valence-corrected chi connectivity index (χ1v) is 6.75. The second-order valence-electron chi connectivity index (χ2n) is 5.47. The highest BCUT2D eigenvalue weighted by atomic mass is 16.2. The van der Waals surface area contributed by atoms with Gasteiger partial charge in [0.2, 0.25) is 0 Å². The average molecular weight is 263 g/mol. The molecule has 0 saturated carbocycles. The molecular formula is C14H21N3O2. The topological polar surface area (TPSA) is 55.2 Å². The van der Waals surface area contributed by atoms with Crippen molar-refractivity contribution < 1.29 is 9.59 Å². The highest BCUT2D eigenvalue weighted by molar-refractivity contribution is 6.43. The number of ketones is 1. The molecule has 0 spiro atoms. The van der Waals surface area contributed by atoms with Gasteiger partial charge in [-0.3, -0.25) is 14.3 Å². The predicted molar refractivity (Wildman–Crippen MR) is 72.0 cm³/mol. The maximum absolute atomic E-state index is 12.3. The molecule has 5 heteroatoms. The summed E-state index contributed by atoms with van der Waals surface area (Å²) in [6.07, 6.45) is 1.95. The quantitative estimate of drug-likeness (QED) is 0.600.